The minimum atomic E-state index is -0.107. The molecular formula is C15H15BrN2O. The van der Waals surface area contributed by atoms with Gasteiger partial charge < -0.3 is 5.32 Å². The fourth-order valence-corrected chi connectivity index (χ4v) is 2.11. The van der Waals surface area contributed by atoms with Gasteiger partial charge >= 0.3 is 0 Å². The Hall–Kier alpha value is -1.68. The first-order valence-corrected chi connectivity index (χ1v) is 7.19. The fourth-order valence-electron chi connectivity index (χ4n) is 1.73. The van der Waals surface area contributed by atoms with Crippen molar-refractivity contribution in [2.45, 2.75) is 18.3 Å². The lowest BCUT2D eigenvalue weighted by atomic mass is 10.1. The van der Waals surface area contributed by atoms with Crippen molar-refractivity contribution in [2.24, 2.45) is 0 Å². The summed E-state index contributed by atoms with van der Waals surface area (Å²) in [5, 5.41) is 3.73. The zero-order chi connectivity index (χ0) is 13.7. The number of nitrogens with zero attached hydrogens (tertiary/aromatic N) is 1. The first kappa shape index (κ1) is 13.7. The Labute approximate surface area is 121 Å². The molecule has 1 atom stereocenters. The molecule has 0 bridgehead atoms. The molecule has 0 fully saturated rings. The van der Waals surface area contributed by atoms with Crippen LogP contribution in [-0.4, -0.2) is 10.9 Å². The number of halogens is 1. The molecular weight excluding hydrogens is 304 g/mol. The van der Waals surface area contributed by atoms with Crippen molar-refractivity contribution in [3.05, 3.63) is 65.5 Å². The van der Waals surface area contributed by atoms with Crippen LogP contribution >= 0.6 is 15.9 Å². The number of amides is 1. The number of hydrogen-bond donors (Lipinski definition) is 1. The third-order valence-electron chi connectivity index (χ3n) is 2.85. The molecule has 0 saturated heterocycles. The predicted octanol–water partition coefficient (Wildman–Crippen LogP) is 3.47. The van der Waals surface area contributed by atoms with E-state index in [9.17, 15) is 4.79 Å². The number of carbonyl (C=O) groups is 1. The highest BCUT2D eigenvalue weighted by Gasteiger charge is 2.11. The Morgan fingerprint density at radius 2 is 2.00 bits per heavy atom. The van der Waals surface area contributed by atoms with E-state index in [4.69, 9.17) is 0 Å². The third-order valence-corrected chi connectivity index (χ3v) is 3.50. The summed E-state index contributed by atoms with van der Waals surface area (Å²) in [6, 6.07) is 13.1. The van der Waals surface area contributed by atoms with Crippen LogP contribution in [0.25, 0.3) is 0 Å². The highest BCUT2D eigenvalue weighted by atomic mass is 79.9. The maximum Gasteiger partial charge on any atom is 0.251 e. The van der Waals surface area contributed by atoms with Crippen LogP contribution in [0.5, 0.6) is 0 Å². The standard InChI is InChI=1S/C15H15BrN2O/c1-11(14-4-2-3-9-17-14)18-15(19)13-7-5-12(10-16)6-8-13/h2-9,11H,10H2,1H3,(H,18,19). The molecule has 4 heteroatoms. The first-order chi connectivity index (χ1) is 9.20. The maximum absolute atomic E-state index is 12.1. The molecule has 3 nitrogen and oxygen atoms in total. The van der Waals surface area contributed by atoms with Crippen molar-refractivity contribution in [3.8, 4) is 0 Å². The average Bonchev–Trinajstić information content (AvgIpc) is 2.48. The Balaban J connectivity index is 2.04. The van der Waals surface area contributed by atoms with E-state index >= 15 is 0 Å². The minimum absolute atomic E-state index is 0.0840. The molecule has 1 heterocycles. The van der Waals surface area contributed by atoms with Gasteiger partial charge in [0, 0.05) is 17.1 Å². The van der Waals surface area contributed by atoms with Crippen molar-refractivity contribution in [3.63, 3.8) is 0 Å². The van der Waals surface area contributed by atoms with E-state index in [2.05, 4.69) is 26.2 Å². The molecule has 0 radical (unpaired) electrons. The second-order valence-corrected chi connectivity index (χ2v) is 4.84. The van der Waals surface area contributed by atoms with Gasteiger partial charge in [0.15, 0.2) is 0 Å². The smallest absolute Gasteiger partial charge is 0.251 e. The zero-order valence-electron chi connectivity index (χ0n) is 10.6. The number of pyridine rings is 1. The summed E-state index contributed by atoms with van der Waals surface area (Å²) in [6.07, 6.45) is 1.72. The molecule has 2 aromatic rings. The summed E-state index contributed by atoms with van der Waals surface area (Å²) in [5.41, 5.74) is 2.66. The molecule has 0 aliphatic heterocycles. The number of hydrogen-bond acceptors (Lipinski definition) is 2. The molecule has 1 aromatic carbocycles. The van der Waals surface area contributed by atoms with Crippen LogP contribution in [-0.2, 0) is 5.33 Å². The number of alkyl halides is 1. The van der Waals surface area contributed by atoms with Crippen LogP contribution in [0.1, 0.15) is 34.6 Å². The molecule has 0 spiro atoms. The zero-order valence-corrected chi connectivity index (χ0v) is 12.2. The molecule has 98 valence electrons. The van der Waals surface area contributed by atoms with E-state index in [0.29, 0.717) is 5.56 Å². The van der Waals surface area contributed by atoms with E-state index in [1.807, 2.05) is 49.4 Å². The number of benzene rings is 1. The summed E-state index contributed by atoms with van der Waals surface area (Å²) in [4.78, 5) is 16.3. The quantitative estimate of drug-likeness (QED) is 0.877. The van der Waals surface area contributed by atoms with E-state index in [0.717, 1.165) is 16.6 Å². The fraction of sp³-hybridized carbons (Fsp3) is 0.200. The maximum atomic E-state index is 12.1. The average molecular weight is 319 g/mol. The summed E-state index contributed by atoms with van der Waals surface area (Å²) < 4.78 is 0. The third kappa shape index (κ3) is 3.64. The summed E-state index contributed by atoms with van der Waals surface area (Å²) in [6.45, 7) is 1.92. The van der Waals surface area contributed by atoms with E-state index in [-0.39, 0.29) is 11.9 Å². The number of rotatable bonds is 4. The summed E-state index contributed by atoms with van der Waals surface area (Å²) in [7, 11) is 0. The van der Waals surface area contributed by atoms with Gasteiger partial charge in [0.2, 0.25) is 0 Å². The molecule has 19 heavy (non-hydrogen) atoms. The van der Waals surface area contributed by atoms with Crippen molar-refractivity contribution in [1.82, 2.24) is 10.3 Å². The number of nitrogens with one attached hydrogen (secondary N) is 1. The Kier molecular flexibility index (Phi) is 4.68. The van der Waals surface area contributed by atoms with E-state index in [1.54, 1.807) is 6.20 Å². The summed E-state index contributed by atoms with van der Waals surface area (Å²) in [5.74, 6) is -0.0840. The van der Waals surface area contributed by atoms with Crippen LogP contribution in [0.3, 0.4) is 0 Å². The molecule has 0 aliphatic rings. The lowest BCUT2D eigenvalue weighted by Gasteiger charge is -2.13. The van der Waals surface area contributed by atoms with Crippen molar-refractivity contribution in [1.29, 1.82) is 0 Å². The molecule has 1 aromatic heterocycles. The second kappa shape index (κ2) is 6.48. The van der Waals surface area contributed by atoms with Gasteiger partial charge in [-0.05, 0) is 36.8 Å². The topological polar surface area (TPSA) is 42.0 Å². The number of aromatic nitrogens is 1. The Morgan fingerprint density at radius 3 is 2.58 bits per heavy atom. The highest BCUT2D eigenvalue weighted by molar-refractivity contribution is 9.08. The lowest BCUT2D eigenvalue weighted by Crippen LogP contribution is -2.27. The van der Waals surface area contributed by atoms with Crippen LogP contribution in [0, 0.1) is 0 Å². The summed E-state index contributed by atoms with van der Waals surface area (Å²) >= 11 is 3.38. The predicted molar refractivity (Wildman–Crippen MR) is 79.2 cm³/mol. The molecule has 1 N–H and O–H groups in total. The van der Waals surface area contributed by atoms with Gasteiger partial charge in [0.1, 0.15) is 0 Å². The minimum Gasteiger partial charge on any atom is -0.344 e. The second-order valence-electron chi connectivity index (χ2n) is 4.28. The normalized spacial score (nSPS) is 11.9. The monoisotopic (exact) mass is 318 g/mol. The molecule has 0 aliphatic carbocycles. The van der Waals surface area contributed by atoms with Crippen LogP contribution in [0.15, 0.2) is 48.7 Å². The van der Waals surface area contributed by atoms with Crippen LogP contribution < -0.4 is 5.32 Å². The van der Waals surface area contributed by atoms with Crippen molar-refractivity contribution in [2.75, 3.05) is 0 Å². The van der Waals surface area contributed by atoms with E-state index < -0.39 is 0 Å². The van der Waals surface area contributed by atoms with Gasteiger partial charge in [-0.3, -0.25) is 9.78 Å². The molecule has 2 rings (SSSR count). The Bertz CT molecular complexity index is 540. The Morgan fingerprint density at radius 1 is 1.26 bits per heavy atom. The van der Waals surface area contributed by atoms with Gasteiger partial charge in [-0.1, -0.05) is 34.1 Å². The van der Waals surface area contributed by atoms with Gasteiger partial charge in [-0.15, -0.1) is 0 Å². The highest BCUT2D eigenvalue weighted by Crippen LogP contribution is 2.11. The van der Waals surface area contributed by atoms with Crippen LogP contribution in [0.2, 0.25) is 0 Å². The molecule has 0 saturated carbocycles. The molecule has 1 unspecified atom stereocenters. The van der Waals surface area contributed by atoms with Gasteiger partial charge in [-0.25, -0.2) is 0 Å². The van der Waals surface area contributed by atoms with Crippen molar-refractivity contribution < 1.29 is 4.79 Å². The largest absolute Gasteiger partial charge is 0.344 e. The van der Waals surface area contributed by atoms with Gasteiger partial charge in [-0.2, -0.15) is 0 Å². The molecule has 1 amide bonds. The van der Waals surface area contributed by atoms with Gasteiger partial charge in [0.25, 0.3) is 5.91 Å². The number of carbonyl (C=O) groups excluding carboxylic acids is 1. The van der Waals surface area contributed by atoms with Crippen LogP contribution in [0.4, 0.5) is 0 Å². The van der Waals surface area contributed by atoms with E-state index in [1.165, 1.54) is 0 Å². The first-order valence-electron chi connectivity index (χ1n) is 6.07. The lowest BCUT2D eigenvalue weighted by molar-refractivity contribution is 0.0939. The SMILES string of the molecule is CC(NC(=O)c1ccc(CBr)cc1)c1ccccn1. The van der Waals surface area contributed by atoms with Crippen molar-refractivity contribution >= 4 is 21.8 Å². The van der Waals surface area contributed by atoms with Gasteiger partial charge in [0.05, 0.1) is 11.7 Å².